The summed E-state index contributed by atoms with van der Waals surface area (Å²) in [4.78, 5) is 44.0. The second kappa shape index (κ2) is 13.7. The number of carbonyl (C=O) groups is 3. The minimum atomic E-state index is -0.377. The van der Waals surface area contributed by atoms with Crippen molar-refractivity contribution in [2.45, 2.75) is 25.7 Å². The zero-order chi connectivity index (χ0) is 30.5. The number of nitrogens with zero attached hydrogens (tertiary/aromatic N) is 3. The second-order valence-electron chi connectivity index (χ2n) is 11.1. The largest absolute Gasteiger partial charge is 0.494 e. The molecule has 0 radical (unpaired) electrons. The van der Waals surface area contributed by atoms with Gasteiger partial charge >= 0.3 is 0 Å². The number of halogens is 1. The van der Waals surface area contributed by atoms with E-state index in [1.165, 1.54) is 17.0 Å². The van der Waals surface area contributed by atoms with Gasteiger partial charge in [0.1, 0.15) is 23.1 Å². The topological polar surface area (TPSA) is 79.4 Å². The monoisotopic (exact) mass is 615 g/mol. The molecule has 1 aliphatic carbocycles. The maximum absolute atomic E-state index is 13.1. The molecule has 3 aliphatic rings. The average molecular weight is 616 g/mol. The number of carbonyl (C=O) groups excluding carboxylic acids is 3. The van der Waals surface area contributed by atoms with E-state index in [9.17, 15) is 18.8 Å². The van der Waals surface area contributed by atoms with Gasteiger partial charge in [-0.05, 0) is 116 Å². The number of imide groups is 1. The number of ether oxygens (including phenoxy) is 2. The number of thioether (sulfide) groups is 1. The number of amides is 3. The van der Waals surface area contributed by atoms with Crippen molar-refractivity contribution in [1.29, 1.82) is 0 Å². The predicted molar refractivity (Wildman–Crippen MR) is 168 cm³/mol. The van der Waals surface area contributed by atoms with E-state index in [-0.39, 0.29) is 17.0 Å². The molecule has 1 saturated carbocycles. The number of rotatable bonds is 11. The van der Waals surface area contributed by atoms with E-state index in [0.717, 1.165) is 75.7 Å². The summed E-state index contributed by atoms with van der Waals surface area (Å²) in [6.07, 6.45) is 5.72. The van der Waals surface area contributed by atoms with Gasteiger partial charge in [-0.2, -0.15) is 0 Å². The van der Waals surface area contributed by atoms with Gasteiger partial charge in [0, 0.05) is 32.1 Å². The molecule has 3 fully saturated rings. The molecule has 2 aliphatic heterocycles. The molecular weight excluding hydrogens is 581 g/mol. The van der Waals surface area contributed by atoms with E-state index in [4.69, 9.17) is 9.47 Å². The number of benzene rings is 3. The lowest BCUT2D eigenvalue weighted by Gasteiger charge is -2.34. The van der Waals surface area contributed by atoms with Crippen LogP contribution in [-0.4, -0.2) is 66.2 Å². The SMILES string of the molecule is O=C(C1CC1)N1CCN(CCCCOc2ccc(N3C(=O)SC(=Cc4ccc(Oc5ccc(F)cc5)cc4)C3=O)cc2)CC1. The van der Waals surface area contributed by atoms with Gasteiger partial charge in [-0.25, -0.2) is 9.29 Å². The van der Waals surface area contributed by atoms with E-state index in [1.54, 1.807) is 66.7 Å². The minimum absolute atomic E-state index is 0.296. The number of piperazine rings is 1. The fourth-order valence-corrected chi connectivity index (χ4v) is 6.05. The first kappa shape index (κ1) is 29.9. The lowest BCUT2D eigenvalue weighted by molar-refractivity contribution is -0.134. The fourth-order valence-electron chi connectivity index (χ4n) is 5.21. The lowest BCUT2D eigenvalue weighted by Crippen LogP contribution is -2.49. The van der Waals surface area contributed by atoms with Crippen molar-refractivity contribution in [3.63, 3.8) is 0 Å². The van der Waals surface area contributed by atoms with Gasteiger partial charge in [0.15, 0.2) is 0 Å². The Bertz CT molecular complexity index is 1520. The van der Waals surface area contributed by atoms with Crippen molar-refractivity contribution in [3.8, 4) is 17.2 Å². The highest BCUT2D eigenvalue weighted by Crippen LogP contribution is 2.36. The van der Waals surface area contributed by atoms with Crippen molar-refractivity contribution in [2.24, 2.45) is 5.92 Å². The van der Waals surface area contributed by atoms with Gasteiger partial charge in [-0.3, -0.25) is 19.3 Å². The van der Waals surface area contributed by atoms with Gasteiger partial charge in [-0.1, -0.05) is 12.1 Å². The molecule has 6 rings (SSSR count). The zero-order valence-electron chi connectivity index (χ0n) is 24.3. The molecule has 3 amide bonds. The normalized spacial score (nSPS) is 18.2. The Hall–Kier alpha value is -4.15. The summed E-state index contributed by atoms with van der Waals surface area (Å²) in [6.45, 7) is 5.11. The van der Waals surface area contributed by atoms with Crippen LogP contribution < -0.4 is 14.4 Å². The third-order valence-electron chi connectivity index (χ3n) is 7.86. The molecule has 0 bridgehead atoms. The zero-order valence-corrected chi connectivity index (χ0v) is 25.1. The maximum Gasteiger partial charge on any atom is 0.298 e. The molecule has 8 nitrogen and oxygen atoms in total. The van der Waals surface area contributed by atoms with E-state index in [0.29, 0.717) is 46.3 Å². The first-order valence-electron chi connectivity index (χ1n) is 15.0. The van der Waals surface area contributed by atoms with Gasteiger partial charge in [0.2, 0.25) is 5.91 Å². The first-order valence-corrected chi connectivity index (χ1v) is 15.8. The Morgan fingerprint density at radius 3 is 2.14 bits per heavy atom. The van der Waals surface area contributed by atoms with Crippen molar-refractivity contribution in [1.82, 2.24) is 9.80 Å². The Balaban J connectivity index is 0.942. The van der Waals surface area contributed by atoms with E-state index < -0.39 is 0 Å². The van der Waals surface area contributed by atoms with Crippen molar-refractivity contribution in [2.75, 3.05) is 44.2 Å². The summed E-state index contributed by atoms with van der Waals surface area (Å²) >= 11 is 0.897. The van der Waals surface area contributed by atoms with Crippen LogP contribution in [0.3, 0.4) is 0 Å². The first-order chi connectivity index (χ1) is 21.4. The minimum Gasteiger partial charge on any atom is -0.494 e. The third-order valence-corrected chi connectivity index (χ3v) is 8.73. The summed E-state index contributed by atoms with van der Waals surface area (Å²) in [5.74, 6) is 1.70. The molecule has 0 N–H and O–H groups in total. The number of hydrogen-bond acceptors (Lipinski definition) is 7. The Kier molecular flexibility index (Phi) is 9.28. The number of anilines is 1. The Labute approximate surface area is 260 Å². The molecule has 10 heteroatoms. The van der Waals surface area contributed by atoms with Crippen molar-refractivity contribution >= 4 is 40.6 Å². The highest BCUT2D eigenvalue weighted by molar-refractivity contribution is 8.19. The fraction of sp³-hybridized carbons (Fsp3) is 0.324. The standard InChI is InChI=1S/C34H34FN3O5S/c35-26-7-13-30(14-8-26)43-29-11-3-24(4-12-29)23-31-33(40)38(34(41)44-31)27-9-15-28(16-10-27)42-22-2-1-17-36-18-20-37(21-19-36)32(39)25-5-6-25/h3-4,7-16,23,25H,1-2,5-6,17-22H2. The van der Waals surface area contributed by atoms with Crippen LogP contribution in [0.1, 0.15) is 31.2 Å². The Morgan fingerprint density at radius 1 is 0.841 bits per heavy atom. The smallest absolute Gasteiger partial charge is 0.298 e. The van der Waals surface area contributed by atoms with E-state index in [2.05, 4.69) is 4.90 Å². The van der Waals surface area contributed by atoms with Crippen LogP contribution >= 0.6 is 11.8 Å². The molecule has 3 aromatic carbocycles. The maximum atomic E-state index is 13.1. The van der Waals surface area contributed by atoms with Crippen molar-refractivity contribution in [3.05, 3.63) is 89.1 Å². The van der Waals surface area contributed by atoms with Crippen LogP contribution in [0.5, 0.6) is 17.2 Å². The van der Waals surface area contributed by atoms with Gasteiger partial charge < -0.3 is 14.4 Å². The number of hydrogen-bond donors (Lipinski definition) is 0. The van der Waals surface area contributed by atoms with Crippen LogP contribution in [-0.2, 0) is 9.59 Å². The van der Waals surface area contributed by atoms with Gasteiger partial charge in [0.05, 0.1) is 17.2 Å². The van der Waals surface area contributed by atoms with Crippen LogP contribution in [0, 0.1) is 11.7 Å². The molecule has 228 valence electrons. The summed E-state index contributed by atoms with van der Waals surface area (Å²) in [7, 11) is 0. The lowest BCUT2D eigenvalue weighted by atomic mass is 10.2. The van der Waals surface area contributed by atoms with E-state index >= 15 is 0 Å². The van der Waals surface area contributed by atoms with Crippen LogP contribution in [0.4, 0.5) is 14.9 Å². The molecule has 0 unspecified atom stereocenters. The molecule has 0 aromatic heterocycles. The van der Waals surface area contributed by atoms with E-state index in [1.807, 2.05) is 4.90 Å². The number of unbranched alkanes of at least 4 members (excludes halogenated alkanes) is 1. The summed E-state index contributed by atoms with van der Waals surface area (Å²) in [5, 5.41) is -0.357. The molecule has 0 atom stereocenters. The molecule has 2 heterocycles. The van der Waals surface area contributed by atoms with Crippen LogP contribution in [0.25, 0.3) is 6.08 Å². The molecule has 0 spiro atoms. The van der Waals surface area contributed by atoms with Gasteiger partial charge in [-0.15, -0.1) is 0 Å². The summed E-state index contributed by atoms with van der Waals surface area (Å²) in [5.41, 5.74) is 1.24. The van der Waals surface area contributed by atoms with Crippen molar-refractivity contribution < 1.29 is 28.2 Å². The summed E-state index contributed by atoms with van der Waals surface area (Å²) < 4.78 is 24.7. The summed E-state index contributed by atoms with van der Waals surface area (Å²) in [6, 6.07) is 19.8. The van der Waals surface area contributed by atoms with Crippen LogP contribution in [0.15, 0.2) is 77.7 Å². The molecule has 2 saturated heterocycles. The molecular formula is C34H34FN3O5S. The van der Waals surface area contributed by atoms with Gasteiger partial charge in [0.25, 0.3) is 11.1 Å². The molecule has 3 aromatic rings. The highest BCUT2D eigenvalue weighted by Gasteiger charge is 2.36. The van der Waals surface area contributed by atoms with Crippen LogP contribution in [0.2, 0.25) is 0 Å². The Morgan fingerprint density at radius 2 is 1.48 bits per heavy atom. The third kappa shape index (κ3) is 7.49. The quantitative estimate of drug-likeness (QED) is 0.178. The highest BCUT2D eigenvalue weighted by atomic mass is 32.2. The average Bonchev–Trinajstić information content (AvgIpc) is 3.85. The molecule has 44 heavy (non-hydrogen) atoms. The predicted octanol–water partition coefficient (Wildman–Crippen LogP) is 6.57. The second-order valence-corrected chi connectivity index (χ2v) is 12.1.